The van der Waals surface area contributed by atoms with Gasteiger partial charge in [-0.25, -0.2) is 4.98 Å². The van der Waals surface area contributed by atoms with E-state index in [1.54, 1.807) is 0 Å². The lowest BCUT2D eigenvalue weighted by atomic mass is 10.0. The van der Waals surface area contributed by atoms with E-state index in [4.69, 9.17) is 4.98 Å². The third kappa shape index (κ3) is 4.16. The Balaban J connectivity index is 1.71. The number of thioether (sulfide) groups is 1. The number of pyridine rings is 1. The molecule has 0 fully saturated rings. The lowest BCUT2D eigenvalue weighted by molar-refractivity contribution is -0.113. The minimum atomic E-state index is -0.0935. The molecule has 130 valence electrons. The van der Waals surface area contributed by atoms with Crippen LogP contribution in [0.15, 0.2) is 23.2 Å². The lowest BCUT2D eigenvalue weighted by Gasteiger charge is -2.09. The number of nitrogens with one attached hydrogen (secondary N) is 1. The SMILES string of the molecule is CCc1nnc(NC(=O)CSc2cc(C)c3cc(C)cc(C)c3n2)s1. The van der Waals surface area contributed by atoms with Crippen LogP contribution in [0.3, 0.4) is 0 Å². The topological polar surface area (TPSA) is 67.8 Å². The first-order valence-electron chi connectivity index (χ1n) is 8.10. The summed E-state index contributed by atoms with van der Waals surface area (Å²) in [6.45, 7) is 8.26. The monoisotopic (exact) mass is 372 g/mol. The highest BCUT2D eigenvalue weighted by Gasteiger charge is 2.11. The van der Waals surface area contributed by atoms with E-state index in [2.05, 4.69) is 48.4 Å². The molecule has 2 heterocycles. The largest absolute Gasteiger partial charge is 0.300 e. The van der Waals surface area contributed by atoms with Crippen molar-refractivity contribution in [2.24, 2.45) is 0 Å². The standard InChI is InChI=1S/C18H20N4OS2/c1-5-15-21-22-18(25-15)19-14(23)9-24-16-8-11(3)13-7-10(2)6-12(4)17(13)20-16/h6-8H,5,9H2,1-4H3,(H,19,22,23). The van der Waals surface area contributed by atoms with Gasteiger partial charge in [-0.15, -0.1) is 10.2 Å². The van der Waals surface area contributed by atoms with Gasteiger partial charge in [0.1, 0.15) is 5.01 Å². The number of hydrogen-bond donors (Lipinski definition) is 1. The van der Waals surface area contributed by atoms with E-state index in [-0.39, 0.29) is 5.91 Å². The smallest absolute Gasteiger partial charge is 0.236 e. The second kappa shape index (κ2) is 7.49. The summed E-state index contributed by atoms with van der Waals surface area (Å²) in [7, 11) is 0. The molecular formula is C18H20N4OS2. The van der Waals surface area contributed by atoms with Gasteiger partial charge in [0.25, 0.3) is 0 Å². The minimum absolute atomic E-state index is 0.0935. The predicted octanol–water partition coefficient (Wildman–Crippen LogP) is 4.30. The van der Waals surface area contributed by atoms with Gasteiger partial charge in [0.2, 0.25) is 11.0 Å². The minimum Gasteiger partial charge on any atom is -0.300 e. The van der Waals surface area contributed by atoms with Gasteiger partial charge in [0.05, 0.1) is 16.3 Å². The fraction of sp³-hybridized carbons (Fsp3) is 0.333. The van der Waals surface area contributed by atoms with Crippen molar-refractivity contribution >= 4 is 45.0 Å². The number of rotatable bonds is 5. The van der Waals surface area contributed by atoms with Crippen molar-refractivity contribution in [2.45, 2.75) is 39.1 Å². The third-order valence-corrected chi connectivity index (χ3v) is 5.69. The molecule has 3 aromatic rings. The molecule has 0 atom stereocenters. The Morgan fingerprint density at radius 1 is 1.16 bits per heavy atom. The van der Waals surface area contributed by atoms with E-state index >= 15 is 0 Å². The molecule has 0 aliphatic heterocycles. The maximum absolute atomic E-state index is 12.1. The highest BCUT2D eigenvalue weighted by molar-refractivity contribution is 7.99. The zero-order valence-electron chi connectivity index (χ0n) is 14.7. The van der Waals surface area contributed by atoms with E-state index in [1.165, 1.54) is 39.6 Å². The highest BCUT2D eigenvalue weighted by Crippen LogP contribution is 2.27. The molecule has 0 saturated heterocycles. The van der Waals surface area contributed by atoms with Gasteiger partial charge >= 0.3 is 0 Å². The first-order chi connectivity index (χ1) is 12.0. The van der Waals surface area contributed by atoms with Gasteiger partial charge in [-0.2, -0.15) is 0 Å². The molecule has 3 rings (SSSR count). The number of carbonyl (C=O) groups excluding carboxylic acids is 1. The van der Waals surface area contributed by atoms with Gasteiger partial charge in [-0.05, 0) is 50.5 Å². The van der Waals surface area contributed by atoms with E-state index < -0.39 is 0 Å². The Morgan fingerprint density at radius 3 is 2.68 bits per heavy atom. The number of aromatic nitrogens is 3. The summed E-state index contributed by atoms with van der Waals surface area (Å²) in [4.78, 5) is 16.9. The van der Waals surface area contributed by atoms with Crippen molar-refractivity contribution in [3.05, 3.63) is 39.9 Å². The first kappa shape index (κ1) is 17.8. The lowest BCUT2D eigenvalue weighted by Crippen LogP contribution is -2.14. The molecule has 0 bridgehead atoms. The molecule has 0 radical (unpaired) electrons. The zero-order chi connectivity index (χ0) is 18.0. The van der Waals surface area contributed by atoms with Crippen LogP contribution in [0.4, 0.5) is 5.13 Å². The third-order valence-electron chi connectivity index (χ3n) is 3.80. The zero-order valence-corrected chi connectivity index (χ0v) is 16.3. The van der Waals surface area contributed by atoms with Crippen molar-refractivity contribution in [1.82, 2.24) is 15.2 Å². The highest BCUT2D eigenvalue weighted by atomic mass is 32.2. The number of carbonyl (C=O) groups is 1. The van der Waals surface area contributed by atoms with Crippen LogP contribution in [-0.4, -0.2) is 26.8 Å². The molecule has 2 aromatic heterocycles. The molecule has 0 aliphatic carbocycles. The van der Waals surface area contributed by atoms with Crippen LogP contribution >= 0.6 is 23.1 Å². The molecule has 0 saturated carbocycles. The molecule has 5 nitrogen and oxygen atoms in total. The van der Waals surface area contributed by atoms with Crippen LogP contribution in [0.5, 0.6) is 0 Å². The summed E-state index contributed by atoms with van der Waals surface area (Å²) in [6.07, 6.45) is 0.821. The number of hydrogen-bond acceptors (Lipinski definition) is 6. The van der Waals surface area contributed by atoms with Crippen LogP contribution in [-0.2, 0) is 11.2 Å². The number of fused-ring (bicyclic) bond motifs is 1. The van der Waals surface area contributed by atoms with Crippen LogP contribution < -0.4 is 5.32 Å². The Kier molecular flexibility index (Phi) is 5.34. The summed E-state index contributed by atoms with van der Waals surface area (Å²) in [5.41, 5.74) is 4.57. The number of aryl methyl sites for hydroxylation is 4. The van der Waals surface area contributed by atoms with Crippen molar-refractivity contribution < 1.29 is 4.79 Å². The average Bonchev–Trinajstić information content (AvgIpc) is 3.01. The van der Waals surface area contributed by atoms with E-state index in [9.17, 15) is 4.79 Å². The van der Waals surface area contributed by atoms with E-state index in [0.717, 1.165) is 27.5 Å². The van der Waals surface area contributed by atoms with Crippen molar-refractivity contribution in [2.75, 3.05) is 11.1 Å². The maximum atomic E-state index is 12.1. The van der Waals surface area contributed by atoms with E-state index in [0.29, 0.717) is 10.9 Å². The molecule has 0 spiro atoms. The molecule has 1 N–H and O–H groups in total. The summed E-state index contributed by atoms with van der Waals surface area (Å²) < 4.78 is 0. The predicted molar refractivity (Wildman–Crippen MR) is 105 cm³/mol. The Labute approximate surface area is 155 Å². The summed E-state index contributed by atoms with van der Waals surface area (Å²) in [5, 5.41) is 14.3. The quantitative estimate of drug-likeness (QED) is 0.676. The molecule has 7 heteroatoms. The maximum Gasteiger partial charge on any atom is 0.236 e. The van der Waals surface area contributed by atoms with Gasteiger partial charge in [0, 0.05) is 5.39 Å². The second-order valence-corrected chi connectivity index (χ2v) is 8.00. The number of nitrogens with zero attached hydrogens (tertiary/aromatic N) is 3. The van der Waals surface area contributed by atoms with Crippen LogP contribution in [0.1, 0.15) is 28.6 Å². The molecular weight excluding hydrogens is 352 g/mol. The Bertz CT molecular complexity index is 936. The van der Waals surface area contributed by atoms with Gasteiger partial charge in [-0.1, -0.05) is 41.7 Å². The Morgan fingerprint density at radius 2 is 1.96 bits per heavy atom. The normalized spacial score (nSPS) is 11.0. The van der Waals surface area contributed by atoms with Crippen molar-refractivity contribution in [1.29, 1.82) is 0 Å². The second-order valence-electron chi connectivity index (χ2n) is 5.95. The van der Waals surface area contributed by atoms with Gasteiger partial charge < -0.3 is 0 Å². The molecule has 1 aromatic carbocycles. The van der Waals surface area contributed by atoms with Gasteiger partial charge in [0.15, 0.2) is 0 Å². The molecule has 0 aliphatic rings. The molecule has 25 heavy (non-hydrogen) atoms. The van der Waals surface area contributed by atoms with Crippen LogP contribution in [0, 0.1) is 20.8 Å². The molecule has 0 unspecified atom stereocenters. The van der Waals surface area contributed by atoms with Crippen molar-refractivity contribution in [3.8, 4) is 0 Å². The average molecular weight is 373 g/mol. The summed E-state index contributed by atoms with van der Waals surface area (Å²) in [5.74, 6) is 0.202. The fourth-order valence-electron chi connectivity index (χ4n) is 2.63. The van der Waals surface area contributed by atoms with Gasteiger partial charge in [-0.3, -0.25) is 10.1 Å². The van der Waals surface area contributed by atoms with E-state index in [1.807, 2.05) is 13.0 Å². The molecule has 1 amide bonds. The first-order valence-corrected chi connectivity index (χ1v) is 9.90. The van der Waals surface area contributed by atoms with Crippen molar-refractivity contribution in [3.63, 3.8) is 0 Å². The van der Waals surface area contributed by atoms with Crippen LogP contribution in [0.25, 0.3) is 10.9 Å². The van der Waals surface area contributed by atoms with Crippen LogP contribution in [0.2, 0.25) is 0 Å². The fourth-order valence-corrected chi connectivity index (χ4v) is 4.09. The number of anilines is 1. The Hall–Kier alpha value is -1.99. The summed E-state index contributed by atoms with van der Waals surface area (Å²) >= 11 is 2.85. The summed E-state index contributed by atoms with van der Waals surface area (Å²) in [6, 6.07) is 6.34. The number of amides is 1. The number of benzene rings is 1.